The fourth-order valence-electron chi connectivity index (χ4n) is 3.20. The summed E-state index contributed by atoms with van der Waals surface area (Å²) < 4.78 is 3.71. The van der Waals surface area contributed by atoms with Crippen LogP contribution in [0.4, 0.5) is 0 Å². The SMILES string of the molecule is CC(C)=CCn1c(SC(C)(C)CN)nc2c1c(=O)n(CC(=O)c1cccc(Cl)c1)c(=O)n2C. The van der Waals surface area contributed by atoms with E-state index in [-0.39, 0.29) is 21.7 Å². The fraction of sp³-hybridized carbons (Fsp3) is 0.391. The summed E-state index contributed by atoms with van der Waals surface area (Å²) in [7, 11) is 1.55. The van der Waals surface area contributed by atoms with Crippen molar-refractivity contribution in [2.75, 3.05) is 6.54 Å². The first kappa shape index (κ1) is 25.0. The zero-order valence-corrected chi connectivity index (χ0v) is 21.0. The highest BCUT2D eigenvalue weighted by Crippen LogP contribution is 2.32. The highest BCUT2D eigenvalue weighted by Gasteiger charge is 2.26. The predicted molar refractivity (Wildman–Crippen MR) is 133 cm³/mol. The Labute approximate surface area is 201 Å². The fourth-order valence-corrected chi connectivity index (χ4v) is 4.37. The van der Waals surface area contributed by atoms with Crippen molar-refractivity contribution in [2.45, 2.75) is 50.7 Å². The van der Waals surface area contributed by atoms with Gasteiger partial charge in [0.25, 0.3) is 5.56 Å². The Kier molecular flexibility index (Phi) is 7.36. The minimum Gasteiger partial charge on any atom is -0.329 e. The van der Waals surface area contributed by atoms with E-state index in [0.29, 0.717) is 28.8 Å². The number of fused-ring (bicyclic) bond motifs is 1. The number of Topliss-reactive ketones (excluding diaryl/α,β-unsaturated/α-hetero) is 1. The third-order valence-corrected chi connectivity index (χ3v) is 6.64. The van der Waals surface area contributed by atoms with Gasteiger partial charge in [0.15, 0.2) is 22.1 Å². The number of carbonyl (C=O) groups is 1. The summed E-state index contributed by atoms with van der Waals surface area (Å²) in [6.45, 7) is 8.32. The maximum absolute atomic E-state index is 13.5. The molecule has 0 fully saturated rings. The Bertz CT molecular complexity index is 1360. The van der Waals surface area contributed by atoms with Crippen LogP contribution < -0.4 is 17.0 Å². The van der Waals surface area contributed by atoms with Crippen LogP contribution in [0.3, 0.4) is 0 Å². The van der Waals surface area contributed by atoms with Crippen LogP contribution in [0.5, 0.6) is 0 Å². The molecule has 10 heteroatoms. The number of aromatic nitrogens is 4. The number of allylic oxidation sites excluding steroid dienone is 2. The molecule has 0 spiro atoms. The number of nitrogens with two attached hydrogens (primary N) is 1. The minimum absolute atomic E-state index is 0.267. The van der Waals surface area contributed by atoms with Gasteiger partial charge in [-0.1, -0.05) is 47.1 Å². The van der Waals surface area contributed by atoms with Crippen LogP contribution in [0.2, 0.25) is 5.02 Å². The molecule has 0 bridgehead atoms. The number of carbonyl (C=O) groups excluding carboxylic acids is 1. The van der Waals surface area contributed by atoms with E-state index in [2.05, 4.69) is 4.98 Å². The summed E-state index contributed by atoms with van der Waals surface area (Å²) in [5.74, 6) is -0.384. The molecule has 33 heavy (non-hydrogen) atoms. The van der Waals surface area contributed by atoms with Crippen molar-refractivity contribution >= 4 is 40.3 Å². The lowest BCUT2D eigenvalue weighted by molar-refractivity contribution is 0.0969. The van der Waals surface area contributed by atoms with Gasteiger partial charge in [-0.05, 0) is 39.8 Å². The van der Waals surface area contributed by atoms with E-state index in [1.807, 2.05) is 33.8 Å². The lowest BCUT2D eigenvalue weighted by Gasteiger charge is -2.21. The summed E-state index contributed by atoms with van der Waals surface area (Å²) in [5, 5.41) is 0.990. The molecule has 176 valence electrons. The maximum atomic E-state index is 13.5. The van der Waals surface area contributed by atoms with Crippen LogP contribution in [-0.4, -0.2) is 35.8 Å². The van der Waals surface area contributed by atoms with Gasteiger partial charge in [0.05, 0.1) is 6.54 Å². The third-order valence-electron chi connectivity index (χ3n) is 5.19. The molecule has 0 atom stereocenters. The maximum Gasteiger partial charge on any atom is 0.332 e. The van der Waals surface area contributed by atoms with Crippen molar-refractivity contribution in [3.63, 3.8) is 0 Å². The summed E-state index contributed by atoms with van der Waals surface area (Å²) >= 11 is 7.44. The van der Waals surface area contributed by atoms with E-state index in [0.717, 1.165) is 10.1 Å². The first-order valence-electron chi connectivity index (χ1n) is 10.5. The van der Waals surface area contributed by atoms with Crippen LogP contribution in [-0.2, 0) is 20.1 Å². The van der Waals surface area contributed by atoms with Crippen LogP contribution in [0.1, 0.15) is 38.1 Å². The molecule has 0 aliphatic rings. The number of hydrogen-bond donors (Lipinski definition) is 1. The summed E-state index contributed by atoms with van der Waals surface area (Å²) in [5.41, 5.74) is 6.69. The van der Waals surface area contributed by atoms with E-state index in [4.69, 9.17) is 17.3 Å². The van der Waals surface area contributed by atoms with Crippen molar-refractivity contribution in [1.29, 1.82) is 0 Å². The van der Waals surface area contributed by atoms with Gasteiger partial charge >= 0.3 is 5.69 Å². The summed E-state index contributed by atoms with van der Waals surface area (Å²) in [4.78, 5) is 44.0. The predicted octanol–water partition coefficient (Wildman–Crippen LogP) is 3.23. The number of nitrogens with zero attached hydrogens (tertiary/aromatic N) is 4. The van der Waals surface area contributed by atoms with Gasteiger partial charge in [0.2, 0.25) is 0 Å². The van der Waals surface area contributed by atoms with Gasteiger partial charge in [-0.2, -0.15) is 0 Å². The second-order valence-electron chi connectivity index (χ2n) is 8.69. The lowest BCUT2D eigenvalue weighted by Crippen LogP contribution is -2.41. The second kappa shape index (κ2) is 9.70. The van der Waals surface area contributed by atoms with E-state index in [1.54, 1.807) is 29.8 Å². The molecule has 0 saturated heterocycles. The zero-order valence-electron chi connectivity index (χ0n) is 19.4. The summed E-state index contributed by atoms with van der Waals surface area (Å²) in [6, 6.07) is 6.42. The molecule has 3 rings (SSSR count). The smallest absolute Gasteiger partial charge is 0.329 e. The molecule has 3 aromatic rings. The number of imidazole rings is 1. The molecule has 0 saturated carbocycles. The largest absolute Gasteiger partial charge is 0.332 e. The van der Waals surface area contributed by atoms with Gasteiger partial charge in [-0.3, -0.25) is 18.7 Å². The number of ketones is 1. The standard InChI is InChI=1S/C23H28ClN5O3S/c1-14(2)9-10-28-18-19(26-21(28)33-23(3,4)13-25)27(5)22(32)29(20(18)31)12-17(30)15-7-6-8-16(24)11-15/h6-9,11H,10,12-13,25H2,1-5H3. The molecule has 2 aromatic heterocycles. The Balaban J connectivity index is 2.22. The highest BCUT2D eigenvalue weighted by atomic mass is 35.5. The first-order chi connectivity index (χ1) is 15.4. The van der Waals surface area contributed by atoms with E-state index in [9.17, 15) is 14.4 Å². The monoisotopic (exact) mass is 489 g/mol. The van der Waals surface area contributed by atoms with E-state index >= 15 is 0 Å². The molecule has 0 aliphatic heterocycles. The molecule has 8 nitrogen and oxygen atoms in total. The van der Waals surface area contributed by atoms with Crippen molar-refractivity contribution in [3.8, 4) is 0 Å². The topological polar surface area (TPSA) is 105 Å². The molecule has 0 unspecified atom stereocenters. The average Bonchev–Trinajstić information content (AvgIpc) is 3.11. The lowest BCUT2D eigenvalue weighted by atomic mass is 10.1. The molecule has 2 N–H and O–H groups in total. The van der Waals surface area contributed by atoms with Gasteiger partial charge in [-0.25, -0.2) is 9.78 Å². The molecule has 0 radical (unpaired) electrons. The third kappa shape index (κ3) is 5.31. The van der Waals surface area contributed by atoms with Crippen LogP contribution in [0.25, 0.3) is 11.2 Å². The van der Waals surface area contributed by atoms with Crippen LogP contribution in [0, 0.1) is 0 Å². The number of rotatable bonds is 8. The molecule has 0 aliphatic carbocycles. The normalized spacial score (nSPS) is 11.7. The highest BCUT2D eigenvalue weighted by molar-refractivity contribution is 8.00. The average molecular weight is 490 g/mol. The van der Waals surface area contributed by atoms with Gasteiger partial charge in [0, 0.05) is 35.5 Å². The number of thioether (sulfide) groups is 1. The molecular weight excluding hydrogens is 462 g/mol. The van der Waals surface area contributed by atoms with Crippen molar-refractivity contribution in [2.24, 2.45) is 12.8 Å². The number of halogens is 1. The van der Waals surface area contributed by atoms with Gasteiger partial charge in [-0.15, -0.1) is 0 Å². The van der Waals surface area contributed by atoms with Crippen molar-refractivity contribution in [1.82, 2.24) is 18.7 Å². The Morgan fingerprint density at radius 2 is 1.94 bits per heavy atom. The Hall–Kier alpha value is -2.62. The molecular formula is C23H28ClN5O3S. The number of aryl methyl sites for hydroxylation is 1. The quantitative estimate of drug-likeness (QED) is 0.296. The first-order valence-corrected chi connectivity index (χ1v) is 11.7. The Morgan fingerprint density at radius 1 is 1.24 bits per heavy atom. The van der Waals surface area contributed by atoms with E-state index in [1.165, 1.54) is 22.4 Å². The minimum atomic E-state index is -0.607. The van der Waals surface area contributed by atoms with E-state index < -0.39 is 17.8 Å². The van der Waals surface area contributed by atoms with Gasteiger partial charge < -0.3 is 10.3 Å². The zero-order chi connectivity index (χ0) is 24.5. The number of hydrogen-bond acceptors (Lipinski definition) is 6. The molecule has 0 amide bonds. The van der Waals surface area contributed by atoms with Crippen LogP contribution in [0.15, 0.2) is 50.7 Å². The molecule has 2 heterocycles. The van der Waals surface area contributed by atoms with Gasteiger partial charge in [0.1, 0.15) is 0 Å². The summed E-state index contributed by atoms with van der Waals surface area (Å²) in [6.07, 6.45) is 1.98. The second-order valence-corrected chi connectivity index (χ2v) is 10.8. The van der Waals surface area contributed by atoms with Crippen molar-refractivity contribution in [3.05, 3.63) is 67.3 Å². The number of benzene rings is 1. The van der Waals surface area contributed by atoms with Crippen LogP contribution >= 0.6 is 23.4 Å². The Morgan fingerprint density at radius 3 is 2.55 bits per heavy atom. The van der Waals surface area contributed by atoms with Crippen molar-refractivity contribution < 1.29 is 4.79 Å². The molecule has 1 aromatic carbocycles.